The van der Waals surface area contributed by atoms with Crippen LogP contribution in [0.3, 0.4) is 0 Å². The van der Waals surface area contributed by atoms with Crippen molar-refractivity contribution in [3.8, 4) is 44.5 Å². The molecule has 6 unspecified atom stereocenters. The van der Waals surface area contributed by atoms with Crippen molar-refractivity contribution in [2.24, 2.45) is 12.0 Å². The number of amides is 3. The summed E-state index contributed by atoms with van der Waals surface area (Å²) in [6.45, 7) is 41.3. The van der Waals surface area contributed by atoms with Gasteiger partial charge in [-0.2, -0.15) is 9.97 Å². The van der Waals surface area contributed by atoms with Crippen LogP contribution in [0.1, 0.15) is 109 Å². The highest BCUT2D eigenvalue weighted by atomic mass is 35.5. The second-order valence-electron chi connectivity index (χ2n) is 29.5. The quantitative estimate of drug-likeness (QED) is 0.103. The third kappa shape index (κ3) is 15.6. The molecule has 10 aromatic rings. The number of hydrogen-bond donors (Lipinski definition) is 0. The number of aliphatic imine (C=N–C) groups is 1. The van der Waals surface area contributed by atoms with Gasteiger partial charge >= 0.3 is 11.4 Å². The molecule has 2 aromatic carbocycles. The van der Waals surface area contributed by atoms with Crippen molar-refractivity contribution in [2.75, 3.05) is 61.0 Å². The Balaban J connectivity index is 0.000000160. The number of nitrogens with zero attached hydrogens (tertiary/aromatic N) is 19. The Hall–Kier alpha value is -11.2. The first-order chi connectivity index (χ1) is 54.2. The Bertz CT molecular complexity index is 5790. The van der Waals surface area contributed by atoms with Gasteiger partial charge in [-0.25, -0.2) is 57.4 Å². The lowest BCUT2D eigenvalue weighted by atomic mass is 10.0. The second-order valence-corrected chi connectivity index (χ2v) is 31.6. The zero-order valence-electron chi connectivity index (χ0n) is 65.8. The van der Waals surface area contributed by atoms with Crippen LogP contribution in [0.5, 0.6) is 0 Å². The van der Waals surface area contributed by atoms with Gasteiger partial charge in [-0.15, -0.1) is 11.3 Å². The van der Waals surface area contributed by atoms with Gasteiger partial charge < -0.3 is 38.9 Å². The smallest absolute Gasteiger partial charge is 0.349 e. The third-order valence-corrected chi connectivity index (χ3v) is 22.7. The number of anilines is 3. The van der Waals surface area contributed by atoms with Crippen LogP contribution >= 0.6 is 46.1 Å². The maximum atomic E-state index is 15.0. The molecule has 3 fully saturated rings. The molecule has 592 valence electrons. The number of rotatable bonds is 12. The minimum Gasteiger partial charge on any atom is -0.349 e. The number of carbonyl (C=O) groups excluding carboxylic acids is 3. The van der Waals surface area contributed by atoms with E-state index in [-0.39, 0.29) is 93.4 Å². The van der Waals surface area contributed by atoms with Crippen LogP contribution in [-0.2, 0) is 21.4 Å². The summed E-state index contributed by atoms with van der Waals surface area (Å²) in [5.41, 5.74) is 6.46. The Morgan fingerprint density at radius 3 is 1.45 bits per heavy atom. The number of aryl methyl sites for hydroxylation is 3. The van der Waals surface area contributed by atoms with E-state index in [1.807, 2.05) is 112 Å². The molecule has 6 atom stereocenters. The lowest BCUT2D eigenvalue weighted by molar-refractivity contribution is -0.131. The van der Waals surface area contributed by atoms with Crippen LogP contribution in [0.25, 0.3) is 66.5 Å². The van der Waals surface area contributed by atoms with E-state index in [2.05, 4.69) is 61.0 Å². The normalized spacial score (nSPS) is 18.3. The van der Waals surface area contributed by atoms with Gasteiger partial charge in [0.25, 0.3) is 5.56 Å². The molecule has 4 aliphatic rings. The van der Waals surface area contributed by atoms with E-state index in [0.29, 0.717) is 123 Å². The van der Waals surface area contributed by atoms with Crippen LogP contribution in [0.2, 0.25) is 15.1 Å². The van der Waals surface area contributed by atoms with Gasteiger partial charge in [0, 0.05) is 107 Å². The maximum Gasteiger partial charge on any atom is 0.356 e. The van der Waals surface area contributed by atoms with Crippen molar-refractivity contribution in [1.82, 2.24) is 73.2 Å². The first-order valence-corrected chi connectivity index (χ1v) is 39.2. The molecule has 3 amide bonds. The molecule has 0 saturated carbocycles. The zero-order valence-corrected chi connectivity index (χ0v) is 68.9. The first-order valence-electron chi connectivity index (χ1n) is 37.2. The molecule has 3 saturated heterocycles. The summed E-state index contributed by atoms with van der Waals surface area (Å²) in [5, 5.41) is 1.97. The van der Waals surface area contributed by atoms with Gasteiger partial charge in [0.05, 0.1) is 82.3 Å². The van der Waals surface area contributed by atoms with E-state index in [0.717, 1.165) is 32.0 Å². The number of aromatic nitrogens is 11. The van der Waals surface area contributed by atoms with Gasteiger partial charge in [-0.3, -0.25) is 24.2 Å². The van der Waals surface area contributed by atoms with E-state index < -0.39 is 28.6 Å². The van der Waals surface area contributed by atoms with Crippen LogP contribution in [0.4, 0.5) is 26.2 Å². The van der Waals surface area contributed by atoms with E-state index in [4.69, 9.17) is 54.7 Å². The molecule has 114 heavy (non-hydrogen) atoms. The number of hydrogen-bond acceptors (Lipinski definition) is 20. The SMILES string of the molecule is C=CC(=O)N1CC(C)N(C2=NC(=C)N(C)c3nc(-c4ccccc4F)c(Cl)cc32)CC1C.C=CC(=O)N1CC(C)N(c2nc(=O)n(-c3c(C(C)C)ncn(C)c3=O)c3nc(-c4ccccc4F)c(Cl)cc23)CC1C.C=CC(=O)N1CC(C)N(c2nc(=O)n(-c3c(C)ccnc3C(C)C)c3nc(-c4scnc4C)c(Cl)cc23)CC1C. The summed E-state index contributed by atoms with van der Waals surface area (Å²) < 4.78 is 33.4. The number of halogens is 5. The molecule has 0 radical (unpaired) electrons. The van der Waals surface area contributed by atoms with Gasteiger partial charge in [-0.05, 0) is 140 Å². The third-order valence-electron chi connectivity index (χ3n) is 20.9. The molecule has 0 bridgehead atoms. The van der Waals surface area contributed by atoms with Gasteiger partial charge in [0.1, 0.15) is 52.1 Å². The van der Waals surface area contributed by atoms with Crippen molar-refractivity contribution >= 4 is 109 Å². The summed E-state index contributed by atoms with van der Waals surface area (Å²) in [6.07, 6.45) is 7.12. The summed E-state index contributed by atoms with van der Waals surface area (Å²) >= 11 is 21.7. The molecule has 12 heterocycles. The Morgan fingerprint density at radius 2 is 0.974 bits per heavy atom. The molecular weight excluding hydrogens is 1540 g/mol. The van der Waals surface area contributed by atoms with Crippen molar-refractivity contribution < 1.29 is 23.2 Å². The number of piperazine rings is 3. The topological polar surface area (TPSA) is 255 Å². The van der Waals surface area contributed by atoms with Gasteiger partial charge in [-0.1, -0.05) is 113 Å². The fourth-order valence-corrected chi connectivity index (χ4v) is 16.5. The van der Waals surface area contributed by atoms with E-state index in [1.165, 1.54) is 52.6 Å². The average Bonchev–Trinajstić information content (AvgIpc) is 0.771. The van der Waals surface area contributed by atoms with Crippen LogP contribution in [-0.4, -0.2) is 179 Å². The standard InChI is InChI=1S/C30H31ClFN7O3.C29H32ClN7O2S.C24H25ClFN5O/c1-7-23(40)37-13-18(5)38(14-17(37)4)27-20-12-21(31)25(19-10-8-9-11-22(19)32)34-28(20)39(30(42)35-27)26-24(16(2)3)33-15-36(6)29(26)41;1-8-22(38)35-12-18(6)36(13-17(35)5)27-20-11-21(30)24(26-19(7)32-14-40-26)33-28(20)37(29(39)34-27)25-16(4)9-10-31-23(25)15(2)3;1-6-21(32)30-12-15(3)31(13-14(30)2)24-18-11-19(25)22(17-9-7-8-10-20(17)26)28-23(18)29(5)16(4)27-24/h7-12,15-18H,1,13-14H2,2-6H3;8-11,14-15,17-18H,1,12-13H2,2-7H3;6-11,14-15H,1,4,12-13H2,2-3,5H3. The van der Waals surface area contributed by atoms with Crippen molar-refractivity contribution in [3.05, 3.63) is 227 Å². The molecule has 0 spiro atoms. The average molecular weight is 1620 g/mol. The molecule has 4 aliphatic heterocycles. The largest absolute Gasteiger partial charge is 0.356 e. The Kier molecular flexibility index (Phi) is 24.2. The predicted molar refractivity (Wildman–Crippen MR) is 448 cm³/mol. The summed E-state index contributed by atoms with van der Waals surface area (Å²) in [5.74, 6) is 1.14. The molecule has 14 rings (SSSR count). The molecule has 0 aliphatic carbocycles. The fourth-order valence-electron chi connectivity index (χ4n) is 14.9. The Labute approximate surface area is 677 Å². The highest BCUT2D eigenvalue weighted by molar-refractivity contribution is 7.13. The fraction of sp³-hybridized carbons (Fsp3) is 0.337. The van der Waals surface area contributed by atoms with E-state index in [9.17, 15) is 37.5 Å². The van der Waals surface area contributed by atoms with E-state index >= 15 is 0 Å². The lowest BCUT2D eigenvalue weighted by Gasteiger charge is -2.46. The highest BCUT2D eigenvalue weighted by Crippen LogP contribution is 2.42. The zero-order chi connectivity index (χ0) is 82.5. The predicted octanol–water partition coefficient (Wildman–Crippen LogP) is 13.7. The number of amidine groups is 1. The second kappa shape index (κ2) is 33.5. The number of pyridine rings is 4. The van der Waals surface area contributed by atoms with Crippen LogP contribution in [0.15, 0.2) is 161 Å². The van der Waals surface area contributed by atoms with Crippen LogP contribution in [0, 0.1) is 25.5 Å². The van der Waals surface area contributed by atoms with Gasteiger partial charge in [0.15, 0.2) is 11.3 Å². The number of benzene rings is 2. The monoisotopic (exact) mass is 1620 g/mol. The summed E-state index contributed by atoms with van der Waals surface area (Å²) in [6, 6.07) is 18.9. The first kappa shape index (κ1) is 82.3. The molecule has 25 nitrogen and oxygen atoms in total. The lowest BCUT2D eigenvalue weighted by Crippen LogP contribution is -2.59. The van der Waals surface area contributed by atoms with Crippen molar-refractivity contribution in [2.45, 2.75) is 131 Å². The minimum atomic E-state index is -0.747. The molecule has 0 N–H and O–H groups in total. The molecule has 8 aromatic heterocycles. The highest BCUT2D eigenvalue weighted by Gasteiger charge is 2.40. The van der Waals surface area contributed by atoms with Gasteiger partial charge in [0.2, 0.25) is 17.7 Å². The molecule has 31 heteroatoms. The number of carbonyl (C=O) groups is 3. The minimum absolute atomic E-state index is 0.00271. The van der Waals surface area contributed by atoms with E-state index in [1.54, 1.807) is 86.6 Å². The maximum absolute atomic E-state index is 15.0. The Morgan fingerprint density at radius 1 is 0.535 bits per heavy atom. The van der Waals surface area contributed by atoms with Crippen LogP contribution < -0.4 is 31.6 Å². The van der Waals surface area contributed by atoms with Crippen molar-refractivity contribution in [1.29, 1.82) is 0 Å². The van der Waals surface area contributed by atoms with Crippen molar-refractivity contribution in [3.63, 3.8) is 0 Å². The number of fused-ring (bicyclic) bond motifs is 3. The molecular formula is C83H88Cl3F2N19O6S. The number of thiazole rings is 1. The summed E-state index contributed by atoms with van der Waals surface area (Å²) in [4.78, 5) is 135. The summed E-state index contributed by atoms with van der Waals surface area (Å²) in [7, 11) is 3.36.